The van der Waals surface area contributed by atoms with Gasteiger partial charge in [0.05, 0.1) is 12.2 Å². The monoisotopic (exact) mass is 453 g/mol. The first-order chi connectivity index (χ1) is 16.0. The van der Waals surface area contributed by atoms with Crippen LogP contribution in [-0.2, 0) is 17.7 Å². The molecule has 1 atom stereocenters. The number of nitrogens with zero attached hydrogens (tertiary/aromatic N) is 4. The fraction of sp³-hybridized carbons (Fsp3) is 0.560. The summed E-state index contributed by atoms with van der Waals surface area (Å²) in [7, 11) is 3.79. The zero-order valence-corrected chi connectivity index (χ0v) is 19.6. The molecule has 33 heavy (non-hydrogen) atoms. The maximum Gasteiger partial charge on any atom is 0.270 e. The van der Waals surface area contributed by atoms with Crippen molar-refractivity contribution in [2.24, 2.45) is 0 Å². The first-order valence-corrected chi connectivity index (χ1v) is 11.9. The molecule has 2 heterocycles. The van der Waals surface area contributed by atoms with Crippen LogP contribution >= 0.6 is 0 Å². The van der Waals surface area contributed by atoms with E-state index in [2.05, 4.69) is 49.4 Å². The molecule has 1 aromatic heterocycles. The van der Waals surface area contributed by atoms with Crippen LogP contribution in [0.2, 0.25) is 0 Å². The van der Waals surface area contributed by atoms with Crippen LogP contribution in [0.5, 0.6) is 0 Å². The van der Waals surface area contributed by atoms with Gasteiger partial charge in [0.1, 0.15) is 17.8 Å². The van der Waals surface area contributed by atoms with E-state index in [1.54, 1.807) is 13.2 Å². The lowest BCUT2D eigenvalue weighted by Gasteiger charge is -2.34. The number of hydrogen-bond donors (Lipinski definition) is 2. The number of rotatable bonds is 8. The summed E-state index contributed by atoms with van der Waals surface area (Å²) in [4.78, 5) is 25.6. The molecule has 1 aliphatic heterocycles. The molecule has 0 unspecified atom stereocenters. The summed E-state index contributed by atoms with van der Waals surface area (Å²) >= 11 is 0. The minimum absolute atomic E-state index is 0.188. The molecule has 8 nitrogen and oxygen atoms in total. The van der Waals surface area contributed by atoms with E-state index >= 15 is 0 Å². The molecule has 0 bridgehead atoms. The maximum atomic E-state index is 12.7. The molecular weight excluding hydrogens is 418 g/mol. The van der Waals surface area contributed by atoms with E-state index < -0.39 is 6.10 Å². The van der Waals surface area contributed by atoms with Crippen molar-refractivity contribution in [3.63, 3.8) is 0 Å². The number of β-amino-alcohol motifs (C(OH)–C–C–N with tert-alkyl or cyclic N) is 1. The summed E-state index contributed by atoms with van der Waals surface area (Å²) in [6.07, 6.45) is 6.26. The van der Waals surface area contributed by atoms with Gasteiger partial charge in [-0.25, -0.2) is 9.97 Å². The molecule has 1 aliphatic carbocycles. The minimum Gasteiger partial charge on any atom is -0.390 e. The number of amides is 1. The molecule has 8 heteroatoms. The molecule has 1 fully saturated rings. The third-order valence-corrected chi connectivity index (χ3v) is 6.95. The van der Waals surface area contributed by atoms with Gasteiger partial charge < -0.3 is 20.1 Å². The lowest BCUT2D eigenvalue weighted by molar-refractivity contribution is 0.0659. The summed E-state index contributed by atoms with van der Waals surface area (Å²) in [6.45, 7) is 2.45. The van der Waals surface area contributed by atoms with Crippen LogP contribution in [0.1, 0.15) is 47.3 Å². The largest absolute Gasteiger partial charge is 0.390 e. The predicted octanol–water partition coefficient (Wildman–Crippen LogP) is 2.02. The Hall–Kier alpha value is -2.55. The second-order valence-corrected chi connectivity index (χ2v) is 9.16. The van der Waals surface area contributed by atoms with E-state index in [1.165, 1.54) is 17.5 Å². The Balaban J connectivity index is 1.26. The highest BCUT2D eigenvalue weighted by Crippen LogP contribution is 2.26. The van der Waals surface area contributed by atoms with Gasteiger partial charge in [0.15, 0.2) is 0 Å². The van der Waals surface area contributed by atoms with Gasteiger partial charge in [-0.15, -0.1) is 0 Å². The highest BCUT2D eigenvalue weighted by Gasteiger charge is 2.25. The maximum absolute atomic E-state index is 12.7. The van der Waals surface area contributed by atoms with Crippen LogP contribution in [0.4, 0.5) is 5.82 Å². The van der Waals surface area contributed by atoms with Crippen molar-refractivity contribution in [3.05, 3.63) is 53.5 Å². The summed E-state index contributed by atoms with van der Waals surface area (Å²) < 4.78 is 5.46. The van der Waals surface area contributed by atoms with Crippen LogP contribution in [0.25, 0.3) is 0 Å². The Morgan fingerprint density at radius 3 is 2.76 bits per heavy atom. The fourth-order valence-corrected chi connectivity index (χ4v) is 4.89. The Labute approximate surface area is 196 Å². The second kappa shape index (κ2) is 11.0. The second-order valence-electron chi connectivity index (χ2n) is 9.16. The Morgan fingerprint density at radius 2 is 2.00 bits per heavy atom. The van der Waals surface area contributed by atoms with Crippen molar-refractivity contribution in [1.29, 1.82) is 0 Å². The number of hydrogen-bond acceptors (Lipinski definition) is 7. The number of carbonyl (C=O) groups excluding carboxylic acids is 1. The summed E-state index contributed by atoms with van der Waals surface area (Å²) in [5, 5.41) is 13.3. The molecule has 1 aromatic carbocycles. The number of methoxy groups -OCH3 is 1. The number of aliphatic hydroxyl groups is 1. The van der Waals surface area contributed by atoms with Crippen molar-refractivity contribution >= 4 is 11.7 Å². The molecule has 0 radical (unpaired) electrons. The average molecular weight is 454 g/mol. The van der Waals surface area contributed by atoms with E-state index in [1.807, 2.05) is 7.05 Å². The molecule has 178 valence electrons. The number of aliphatic hydroxyl groups excluding tert-OH is 1. The van der Waals surface area contributed by atoms with Crippen LogP contribution in [0.3, 0.4) is 0 Å². The van der Waals surface area contributed by atoms with E-state index in [9.17, 15) is 9.90 Å². The van der Waals surface area contributed by atoms with Crippen molar-refractivity contribution in [2.45, 2.75) is 56.9 Å². The molecule has 0 saturated heterocycles. The molecule has 2 N–H and O–H groups in total. The first-order valence-electron chi connectivity index (χ1n) is 11.9. The average Bonchev–Trinajstić information content (AvgIpc) is 2.87. The van der Waals surface area contributed by atoms with Gasteiger partial charge in [-0.3, -0.25) is 9.69 Å². The number of aromatic nitrogens is 2. The van der Waals surface area contributed by atoms with Crippen molar-refractivity contribution in [3.8, 4) is 0 Å². The molecule has 4 rings (SSSR count). The molecule has 2 aliphatic rings. The lowest BCUT2D eigenvalue weighted by Crippen LogP contribution is -2.42. The zero-order valence-electron chi connectivity index (χ0n) is 19.6. The number of benzene rings is 1. The van der Waals surface area contributed by atoms with Gasteiger partial charge in [-0.2, -0.15) is 0 Å². The van der Waals surface area contributed by atoms with Gasteiger partial charge in [0.2, 0.25) is 0 Å². The van der Waals surface area contributed by atoms with Crippen molar-refractivity contribution in [2.75, 3.05) is 38.7 Å². The van der Waals surface area contributed by atoms with Crippen LogP contribution < -0.4 is 10.2 Å². The van der Waals surface area contributed by atoms with E-state index in [4.69, 9.17) is 4.74 Å². The summed E-state index contributed by atoms with van der Waals surface area (Å²) in [6, 6.07) is 10.5. The number of ether oxygens (including phenoxy) is 1. The number of carbonyl (C=O) groups is 1. The van der Waals surface area contributed by atoms with Gasteiger partial charge in [-0.1, -0.05) is 24.3 Å². The number of fused-ring (bicyclic) bond motifs is 1. The normalized spacial score (nSPS) is 21.8. The number of anilines is 1. The minimum atomic E-state index is -0.640. The van der Waals surface area contributed by atoms with Crippen molar-refractivity contribution in [1.82, 2.24) is 20.2 Å². The predicted molar refractivity (Wildman–Crippen MR) is 127 cm³/mol. The molecule has 2 aromatic rings. The van der Waals surface area contributed by atoms with Gasteiger partial charge >= 0.3 is 0 Å². The van der Waals surface area contributed by atoms with Gasteiger partial charge in [-0.05, 0) is 43.2 Å². The van der Waals surface area contributed by atoms with Crippen LogP contribution in [-0.4, -0.2) is 77.9 Å². The van der Waals surface area contributed by atoms with E-state index in [0.717, 1.165) is 51.0 Å². The van der Waals surface area contributed by atoms with Crippen LogP contribution in [0, 0.1) is 0 Å². The standard InChI is InChI=1S/C25H35N5O3/c1-29(20-7-9-22(33-2)10-8-20)24-13-23(27-17-28-24)25(32)26-14-21(31)16-30-12-11-18-5-3-4-6-19(18)15-30/h3-6,13,17,20-22,31H,7-12,14-16H2,1-2H3,(H,26,32)/t20-,21-,22+/m0/s1. The Bertz CT molecular complexity index is 932. The third-order valence-electron chi connectivity index (χ3n) is 6.95. The highest BCUT2D eigenvalue weighted by molar-refractivity contribution is 5.92. The first kappa shape index (κ1) is 23.6. The fourth-order valence-electron chi connectivity index (χ4n) is 4.89. The van der Waals surface area contributed by atoms with Crippen LogP contribution in [0.15, 0.2) is 36.7 Å². The molecular formula is C25H35N5O3. The van der Waals surface area contributed by atoms with Crippen molar-refractivity contribution < 1.29 is 14.6 Å². The lowest BCUT2D eigenvalue weighted by atomic mass is 9.92. The molecule has 1 amide bonds. The quantitative estimate of drug-likeness (QED) is 0.632. The van der Waals surface area contributed by atoms with Gasteiger partial charge in [0.25, 0.3) is 5.91 Å². The molecule has 0 spiro atoms. The van der Waals surface area contributed by atoms with E-state index in [0.29, 0.717) is 24.4 Å². The number of nitrogens with one attached hydrogen (secondary N) is 1. The smallest absolute Gasteiger partial charge is 0.270 e. The van der Waals surface area contributed by atoms with E-state index in [-0.39, 0.29) is 12.5 Å². The summed E-state index contributed by atoms with van der Waals surface area (Å²) in [5.74, 6) is 0.446. The highest BCUT2D eigenvalue weighted by atomic mass is 16.5. The SMILES string of the molecule is CO[C@H]1CC[C@@H](N(C)c2cc(C(=O)NC[C@H](O)CN3CCc4ccccc4C3)ncn2)CC1. The third kappa shape index (κ3) is 6.07. The Kier molecular flexibility index (Phi) is 7.90. The molecule has 1 saturated carbocycles. The zero-order chi connectivity index (χ0) is 23.2. The summed E-state index contributed by atoms with van der Waals surface area (Å²) in [5.41, 5.74) is 3.01. The van der Waals surface area contributed by atoms with Gasteiger partial charge in [0, 0.05) is 52.4 Å². The topological polar surface area (TPSA) is 90.8 Å². The Morgan fingerprint density at radius 1 is 1.24 bits per heavy atom.